The van der Waals surface area contributed by atoms with E-state index in [4.69, 9.17) is 27.1 Å². The number of aliphatic imine (C=N–C) groups is 1. The largest absolute Gasteiger partial charge is 0.463 e. The predicted molar refractivity (Wildman–Crippen MR) is 186 cm³/mol. The maximum absolute atomic E-state index is 16.0. The second-order valence-electron chi connectivity index (χ2n) is 14.4. The predicted octanol–water partition coefficient (Wildman–Crippen LogP) is 6.90. The molecule has 3 heterocycles. The van der Waals surface area contributed by atoms with Gasteiger partial charge in [-0.25, -0.2) is 27.8 Å². The molecule has 0 spiro atoms. The van der Waals surface area contributed by atoms with Crippen molar-refractivity contribution in [3.8, 4) is 11.1 Å². The molecule has 3 aliphatic rings. The van der Waals surface area contributed by atoms with Crippen molar-refractivity contribution in [2.24, 2.45) is 22.1 Å². The van der Waals surface area contributed by atoms with Crippen LogP contribution in [0.3, 0.4) is 0 Å². The lowest BCUT2D eigenvalue weighted by atomic mass is 9.75. The Hall–Kier alpha value is -4.72. The third kappa shape index (κ3) is 7.10. The van der Waals surface area contributed by atoms with Crippen molar-refractivity contribution in [3.63, 3.8) is 0 Å². The van der Waals surface area contributed by atoms with E-state index >= 15 is 4.39 Å². The minimum atomic E-state index is -2.96. The number of aromatic nitrogens is 5. The second-order valence-corrected chi connectivity index (χ2v) is 14.8. The number of nitrogens with zero attached hydrogens (tertiary/aromatic N) is 7. The molecule has 270 valence electrons. The van der Waals surface area contributed by atoms with E-state index in [0.29, 0.717) is 29.2 Å². The van der Waals surface area contributed by atoms with Gasteiger partial charge in [0, 0.05) is 29.7 Å². The molecule has 1 amide bonds. The quantitative estimate of drug-likeness (QED) is 0.201. The van der Waals surface area contributed by atoms with Gasteiger partial charge < -0.3 is 10.5 Å². The van der Waals surface area contributed by atoms with E-state index < -0.39 is 52.9 Å². The molecular formula is C36H40ClF3N8O3. The molecule has 6 rings (SSSR count). The summed E-state index contributed by atoms with van der Waals surface area (Å²) in [5.74, 6) is -3.33. The number of nitrogens with two attached hydrogens (primary N) is 1. The van der Waals surface area contributed by atoms with Gasteiger partial charge in [-0.2, -0.15) is 10.2 Å². The topological polar surface area (TPSA) is 134 Å². The summed E-state index contributed by atoms with van der Waals surface area (Å²) in [4.78, 5) is 37.3. The molecule has 0 saturated heterocycles. The molecular weight excluding hydrogens is 685 g/mol. The first kappa shape index (κ1) is 36.1. The summed E-state index contributed by atoms with van der Waals surface area (Å²) < 4.78 is 52.2. The number of rotatable bonds is 12. The first-order valence-corrected chi connectivity index (χ1v) is 17.2. The lowest BCUT2D eigenvalue weighted by Gasteiger charge is -2.37. The van der Waals surface area contributed by atoms with Gasteiger partial charge in [0.15, 0.2) is 17.3 Å². The fourth-order valence-electron chi connectivity index (χ4n) is 6.71. The first-order valence-electron chi connectivity index (χ1n) is 16.8. The molecule has 1 fully saturated rings. The molecule has 1 unspecified atom stereocenters. The fraction of sp³-hybridized carbons (Fsp3) is 0.444. The van der Waals surface area contributed by atoms with Crippen LogP contribution in [0.15, 0.2) is 71.2 Å². The molecule has 51 heavy (non-hydrogen) atoms. The van der Waals surface area contributed by atoms with Crippen LogP contribution in [-0.2, 0) is 19.9 Å². The van der Waals surface area contributed by atoms with Crippen molar-refractivity contribution in [2.45, 2.75) is 83.8 Å². The number of carbonyl (C=O) groups is 2. The summed E-state index contributed by atoms with van der Waals surface area (Å²) in [7, 11) is 0. The molecule has 3 atom stereocenters. The lowest BCUT2D eigenvalue weighted by molar-refractivity contribution is -0.148. The van der Waals surface area contributed by atoms with Gasteiger partial charge in [-0.3, -0.25) is 19.2 Å². The monoisotopic (exact) mass is 724 g/mol. The normalized spacial score (nSPS) is 21.5. The van der Waals surface area contributed by atoms with E-state index in [1.165, 1.54) is 23.1 Å². The molecule has 11 nitrogen and oxygen atoms in total. The lowest BCUT2D eigenvalue weighted by Crippen LogP contribution is -2.54. The highest BCUT2D eigenvalue weighted by Gasteiger charge is 2.54. The Morgan fingerprint density at radius 2 is 1.98 bits per heavy atom. The van der Waals surface area contributed by atoms with Crippen molar-refractivity contribution < 1.29 is 27.5 Å². The molecule has 0 bridgehead atoms. The molecule has 1 aromatic carbocycles. The average molecular weight is 725 g/mol. The number of alkyl halides is 2. The van der Waals surface area contributed by atoms with Gasteiger partial charge >= 0.3 is 5.97 Å². The molecule has 3 aromatic rings. The Morgan fingerprint density at radius 1 is 1.24 bits per heavy atom. The van der Waals surface area contributed by atoms with E-state index in [0.717, 1.165) is 23.9 Å². The SMILES string of the molecule is C=C1C=C(Cl)C(n2ncnc2C(F)F)=CC1[C@@H](COC(=O)CCC)N1C(=O)[C@@](CC(C)(C)C)(c2ccc(-c3cnn(C4CC4)c3)c(F)c2)N=C1N. The number of carbonyl (C=O) groups excluding carboxylic acids is 2. The van der Waals surface area contributed by atoms with Crippen molar-refractivity contribution in [3.05, 3.63) is 83.5 Å². The summed E-state index contributed by atoms with van der Waals surface area (Å²) in [6, 6.07) is 3.86. The Kier molecular flexibility index (Phi) is 9.75. The molecule has 15 heteroatoms. The van der Waals surface area contributed by atoms with E-state index in [1.54, 1.807) is 18.3 Å². The zero-order valence-corrected chi connectivity index (χ0v) is 29.6. The highest BCUT2D eigenvalue weighted by molar-refractivity contribution is 6.36. The van der Waals surface area contributed by atoms with E-state index in [9.17, 15) is 18.4 Å². The summed E-state index contributed by atoms with van der Waals surface area (Å²) in [5, 5.41) is 8.40. The Bertz CT molecular complexity index is 1960. The van der Waals surface area contributed by atoms with Gasteiger partial charge in [0.2, 0.25) is 0 Å². The van der Waals surface area contributed by atoms with Crippen LogP contribution < -0.4 is 5.73 Å². The van der Waals surface area contributed by atoms with Gasteiger partial charge in [0.25, 0.3) is 12.3 Å². The maximum atomic E-state index is 16.0. The van der Waals surface area contributed by atoms with Crippen LogP contribution in [0.25, 0.3) is 16.8 Å². The zero-order chi connectivity index (χ0) is 36.8. The maximum Gasteiger partial charge on any atom is 0.305 e. The van der Waals surface area contributed by atoms with Crippen LogP contribution in [0.2, 0.25) is 0 Å². The minimum Gasteiger partial charge on any atom is -0.463 e. The molecule has 1 aliphatic heterocycles. The third-order valence-electron chi connectivity index (χ3n) is 9.13. The number of amides is 1. The van der Waals surface area contributed by atoms with Crippen LogP contribution >= 0.6 is 11.6 Å². The molecule has 1 saturated carbocycles. The standard InChI is InChI=1S/C36H40ClF3N8O3/c1-6-7-30(49)51-17-29(25-14-28(26(37)12-20(25)2)48-32(31(39)40)42-19-44-48)47-33(50)36(45-34(47)41,18-35(3,4)5)22-8-11-24(27(38)13-22)21-15-43-46(16-21)23-9-10-23/h8,11-16,19,23,25,29,31H,2,6-7,9-10,17-18H2,1,3-5H3,(H2,41,45)/t25?,29-,36-/m1/s1. The van der Waals surface area contributed by atoms with Gasteiger partial charge in [0.05, 0.1) is 29.0 Å². The van der Waals surface area contributed by atoms with Crippen LogP contribution in [0.5, 0.6) is 0 Å². The average Bonchev–Trinajstić information content (AvgIpc) is 3.47. The van der Waals surface area contributed by atoms with Crippen LogP contribution in [-0.4, -0.2) is 59.9 Å². The van der Waals surface area contributed by atoms with Crippen LogP contribution in [0.1, 0.15) is 83.7 Å². The number of hydrogen-bond acceptors (Lipinski definition) is 8. The van der Waals surface area contributed by atoms with Crippen molar-refractivity contribution in [2.75, 3.05) is 6.61 Å². The van der Waals surface area contributed by atoms with Gasteiger partial charge in [0.1, 0.15) is 18.8 Å². The highest BCUT2D eigenvalue weighted by Crippen LogP contribution is 2.46. The van der Waals surface area contributed by atoms with Gasteiger partial charge in [-0.1, -0.05) is 58.0 Å². The van der Waals surface area contributed by atoms with Crippen molar-refractivity contribution >= 4 is 35.1 Å². The van der Waals surface area contributed by atoms with Crippen molar-refractivity contribution in [1.82, 2.24) is 29.4 Å². The Balaban J connectivity index is 1.42. The van der Waals surface area contributed by atoms with E-state index in [1.807, 2.05) is 38.6 Å². The molecule has 2 aliphatic carbocycles. The number of benzene rings is 1. The minimum absolute atomic E-state index is 0.0556. The summed E-state index contributed by atoms with van der Waals surface area (Å²) in [5.41, 5.74) is 6.14. The summed E-state index contributed by atoms with van der Waals surface area (Å²) >= 11 is 6.53. The number of ether oxygens (including phenoxy) is 1. The van der Waals surface area contributed by atoms with Gasteiger partial charge in [-0.05, 0) is 60.5 Å². The number of hydrogen-bond donors (Lipinski definition) is 1. The zero-order valence-electron chi connectivity index (χ0n) is 28.8. The smallest absolute Gasteiger partial charge is 0.305 e. The summed E-state index contributed by atoms with van der Waals surface area (Å²) in [6.45, 7) is 11.4. The number of allylic oxidation sites excluding steroid dienone is 3. The van der Waals surface area contributed by atoms with Crippen molar-refractivity contribution in [1.29, 1.82) is 0 Å². The van der Waals surface area contributed by atoms with Crippen LogP contribution in [0, 0.1) is 17.2 Å². The molecule has 0 radical (unpaired) electrons. The van der Waals surface area contributed by atoms with Crippen LogP contribution in [0.4, 0.5) is 13.2 Å². The third-order valence-corrected chi connectivity index (χ3v) is 9.43. The van der Waals surface area contributed by atoms with E-state index in [2.05, 4.69) is 21.8 Å². The number of esters is 1. The van der Waals surface area contributed by atoms with E-state index in [-0.39, 0.29) is 41.7 Å². The molecule has 2 N–H and O–H groups in total. The highest BCUT2D eigenvalue weighted by atomic mass is 35.5. The first-order chi connectivity index (χ1) is 24.1. The summed E-state index contributed by atoms with van der Waals surface area (Å²) in [6.07, 6.45) is 7.28. The Labute approximate surface area is 298 Å². The fourth-order valence-corrected chi connectivity index (χ4v) is 7.00. The Morgan fingerprint density at radius 3 is 2.63 bits per heavy atom. The number of guanidine groups is 1. The van der Waals surface area contributed by atoms with Gasteiger partial charge in [-0.15, -0.1) is 0 Å². The molecule has 2 aromatic heterocycles. The number of halogens is 4. The second kappa shape index (κ2) is 13.8.